The zero-order valence-electron chi connectivity index (χ0n) is 11.7. The number of rotatable bonds is 4. The van der Waals surface area contributed by atoms with Crippen molar-refractivity contribution in [3.63, 3.8) is 0 Å². The summed E-state index contributed by atoms with van der Waals surface area (Å²) in [6, 6.07) is 10.7. The normalized spacial score (nSPS) is 11.5. The fourth-order valence-corrected chi connectivity index (χ4v) is 2.03. The molecule has 5 heteroatoms. The van der Waals surface area contributed by atoms with Crippen LogP contribution in [0.4, 0.5) is 10.1 Å². The second kappa shape index (κ2) is 6.14. The van der Waals surface area contributed by atoms with Crippen LogP contribution in [0.2, 0.25) is 0 Å². The molecular formula is C16H15FN2O2. The SMILES string of the molecule is COc1ccc(O)c(C(C)Nc2ccc(F)c(C#N)c2)c1. The van der Waals surface area contributed by atoms with Gasteiger partial charge in [0.25, 0.3) is 0 Å². The summed E-state index contributed by atoms with van der Waals surface area (Å²) in [4.78, 5) is 0. The summed E-state index contributed by atoms with van der Waals surface area (Å²) in [5, 5.41) is 21.9. The number of hydrogen-bond acceptors (Lipinski definition) is 4. The van der Waals surface area contributed by atoms with Crippen LogP contribution in [0.25, 0.3) is 0 Å². The summed E-state index contributed by atoms with van der Waals surface area (Å²) in [7, 11) is 1.55. The molecule has 0 saturated heterocycles. The first-order valence-corrected chi connectivity index (χ1v) is 6.38. The van der Waals surface area contributed by atoms with Gasteiger partial charge in [-0.15, -0.1) is 0 Å². The van der Waals surface area contributed by atoms with E-state index in [1.165, 1.54) is 12.1 Å². The molecule has 0 aliphatic rings. The summed E-state index contributed by atoms with van der Waals surface area (Å²) < 4.78 is 18.4. The number of methoxy groups -OCH3 is 1. The molecule has 1 atom stereocenters. The lowest BCUT2D eigenvalue weighted by molar-refractivity contribution is 0.410. The number of phenolic OH excluding ortho intramolecular Hbond substituents is 1. The largest absolute Gasteiger partial charge is 0.508 e. The van der Waals surface area contributed by atoms with E-state index in [0.717, 1.165) is 0 Å². The van der Waals surface area contributed by atoms with E-state index in [2.05, 4.69) is 5.32 Å². The Bertz CT molecular complexity index is 695. The average molecular weight is 286 g/mol. The Morgan fingerprint density at radius 1 is 1.29 bits per heavy atom. The van der Waals surface area contributed by atoms with E-state index in [-0.39, 0.29) is 17.4 Å². The lowest BCUT2D eigenvalue weighted by Crippen LogP contribution is -2.07. The van der Waals surface area contributed by atoms with Crippen LogP contribution in [0.1, 0.15) is 24.1 Å². The van der Waals surface area contributed by atoms with Crippen LogP contribution in [0.5, 0.6) is 11.5 Å². The Kier molecular flexibility index (Phi) is 4.29. The van der Waals surface area contributed by atoms with Gasteiger partial charge in [0, 0.05) is 11.3 Å². The number of aromatic hydroxyl groups is 1. The van der Waals surface area contributed by atoms with Gasteiger partial charge in [-0.1, -0.05) is 0 Å². The molecular weight excluding hydrogens is 271 g/mol. The minimum atomic E-state index is -0.556. The van der Waals surface area contributed by atoms with Gasteiger partial charge in [-0.3, -0.25) is 0 Å². The maximum Gasteiger partial charge on any atom is 0.141 e. The molecule has 1 unspecified atom stereocenters. The summed E-state index contributed by atoms with van der Waals surface area (Å²) >= 11 is 0. The second-order valence-electron chi connectivity index (χ2n) is 4.60. The molecule has 2 aromatic carbocycles. The van der Waals surface area contributed by atoms with Gasteiger partial charge in [-0.05, 0) is 43.3 Å². The Morgan fingerprint density at radius 3 is 2.71 bits per heavy atom. The van der Waals surface area contributed by atoms with Gasteiger partial charge < -0.3 is 15.2 Å². The van der Waals surface area contributed by atoms with E-state index in [1.807, 2.05) is 6.92 Å². The van der Waals surface area contributed by atoms with E-state index in [0.29, 0.717) is 17.0 Å². The van der Waals surface area contributed by atoms with Crippen LogP contribution in [-0.2, 0) is 0 Å². The molecule has 0 aromatic heterocycles. The maximum atomic E-state index is 13.3. The number of ether oxygens (including phenoxy) is 1. The third kappa shape index (κ3) is 3.23. The molecule has 2 aromatic rings. The second-order valence-corrected chi connectivity index (χ2v) is 4.60. The van der Waals surface area contributed by atoms with Crippen LogP contribution in [0.3, 0.4) is 0 Å². The number of hydrogen-bond donors (Lipinski definition) is 2. The van der Waals surface area contributed by atoms with Crippen molar-refractivity contribution in [1.29, 1.82) is 5.26 Å². The summed E-state index contributed by atoms with van der Waals surface area (Å²) in [6.07, 6.45) is 0. The molecule has 2 rings (SSSR count). The molecule has 108 valence electrons. The highest BCUT2D eigenvalue weighted by molar-refractivity contribution is 5.52. The van der Waals surface area contributed by atoms with Gasteiger partial charge in [-0.25, -0.2) is 4.39 Å². The smallest absolute Gasteiger partial charge is 0.141 e. The third-order valence-electron chi connectivity index (χ3n) is 3.17. The number of anilines is 1. The van der Waals surface area contributed by atoms with Crippen LogP contribution in [-0.4, -0.2) is 12.2 Å². The minimum absolute atomic E-state index is 0.0259. The van der Waals surface area contributed by atoms with Gasteiger partial charge in [0.1, 0.15) is 23.4 Å². The van der Waals surface area contributed by atoms with Gasteiger partial charge in [-0.2, -0.15) is 5.26 Å². The van der Waals surface area contributed by atoms with Crippen molar-refractivity contribution in [2.24, 2.45) is 0 Å². The maximum absolute atomic E-state index is 13.3. The fourth-order valence-electron chi connectivity index (χ4n) is 2.03. The molecule has 0 spiro atoms. The Morgan fingerprint density at radius 2 is 2.05 bits per heavy atom. The predicted molar refractivity (Wildman–Crippen MR) is 77.8 cm³/mol. The number of halogens is 1. The summed E-state index contributed by atoms with van der Waals surface area (Å²) in [5.41, 5.74) is 1.22. The highest BCUT2D eigenvalue weighted by Crippen LogP contribution is 2.30. The van der Waals surface area contributed by atoms with Crippen LogP contribution >= 0.6 is 0 Å². The monoisotopic (exact) mass is 286 g/mol. The van der Waals surface area contributed by atoms with E-state index in [1.54, 1.807) is 37.4 Å². The first-order valence-electron chi connectivity index (χ1n) is 6.38. The zero-order valence-corrected chi connectivity index (χ0v) is 11.7. The highest BCUT2D eigenvalue weighted by Gasteiger charge is 2.12. The van der Waals surface area contributed by atoms with Crippen LogP contribution < -0.4 is 10.1 Å². The van der Waals surface area contributed by atoms with Gasteiger partial charge in [0.05, 0.1) is 18.7 Å². The number of nitriles is 1. The molecule has 0 aliphatic carbocycles. The van der Waals surface area contributed by atoms with Crippen molar-refractivity contribution in [3.05, 3.63) is 53.3 Å². The van der Waals surface area contributed by atoms with Crippen molar-refractivity contribution in [1.82, 2.24) is 0 Å². The molecule has 0 heterocycles. The number of benzene rings is 2. The van der Waals surface area contributed by atoms with E-state index in [9.17, 15) is 9.50 Å². The number of phenols is 1. The van der Waals surface area contributed by atoms with E-state index in [4.69, 9.17) is 10.00 Å². The predicted octanol–water partition coefficient (Wildman–Crippen LogP) is 3.58. The Balaban J connectivity index is 2.26. The first-order chi connectivity index (χ1) is 10.0. The molecule has 0 fully saturated rings. The zero-order chi connectivity index (χ0) is 15.4. The van der Waals surface area contributed by atoms with Crippen molar-refractivity contribution < 1.29 is 14.2 Å². The summed E-state index contributed by atoms with van der Waals surface area (Å²) in [6.45, 7) is 1.85. The quantitative estimate of drug-likeness (QED) is 0.901. The van der Waals surface area contributed by atoms with Gasteiger partial charge in [0.15, 0.2) is 0 Å². The van der Waals surface area contributed by atoms with E-state index >= 15 is 0 Å². The van der Waals surface area contributed by atoms with Gasteiger partial charge >= 0.3 is 0 Å². The Hall–Kier alpha value is -2.74. The summed E-state index contributed by atoms with van der Waals surface area (Å²) in [5.74, 6) is 0.214. The lowest BCUT2D eigenvalue weighted by atomic mass is 10.1. The topological polar surface area (TPSA) is 65.3 Å². The first kappa shape index (κ1) is 14.7. The van der Waals surface area contributed by atoms with Crippen LogP contribution in [0, 0.1) is 17.1 Å². The van der Waals surface area contributed by atoms with Gasteiger partial charge in [0.2, 0.25) is 0 Å². The van der Waals surface area contributed by atoms with Crippen molar-refractivity contribution >= 4 is 5.69 Å². The van der Waals surface area contributed by atoms with Crippen molar-refractivity contribution in [2.45, 2.75) is 13.0 Å². The third-order valence-corrected chi connectivity index (χ3v) is 3.17. The van der Waals surface area contributed by atoms with E-state index < -0.39 is 5.82 Å². The molecule has 21 heavy (non-hydrogen) atoms. The van der Waals surface area contributed by atoms with Crippen molar-refractivity contribution in [2.75, 3.05) is 12.4 Å². The molecule has 0 amide bonds. The molecule has 4 nitrogen and oxygen atoms in total. The highest BCUT2D eigenvalue weighted by atomic mass is 19.1. The molecule has 0 radical (unpaired) electrons. The lowest BCUT2D eigenvalue weighted by Gasteiger charge is -2.18. The number of nitrogens with one attached hydrogen (secondary N) is 1. The Labute approximate surface area is 122 Å². The molecule has 2 N–H and O–H groups in total. The average Bonchev–Trinajstić information content (AvgIpc) is 2.49. The number of nitrogens with zero attached hydrogens (tertiary/aromatic N) is 1. The molecule has 0 saturated carbocycles. The fraction of sp³-hybridized carbons (Fsp3) is 0.188. The van der Waals surface area contributed by atoms with Crippen LogP contribution in [0.15, 0.2) is 36.4 Å². The molecule has 0 bridgehead atoms. The standard InChI is InChI=1S/C16H15FN2O2/c1-10(14-8-13(21-2)4-6-16(14)20)19-12-3-5-15(17)11(7-12)9-18/h3-8,10,19-20H,1-2H3. The minimum Gasteiger partial charge on any atom is -0.508 e. The molecule has 0 aliphatic heterocycles. The van der Waals surface area contributed by atoms with Crippen molar-refractivity contribution in [3.8, 4) is 17.6 Å².